The number of nitrogens with zero attached hydrogens (tertiary/aromatic N) is 2. The Morgan fingerprint density at radius 2 is 2.14 bits per heavy atom. The minimum Gasteiger partial charge on any atom is -0.396 e. The SMILES string of the molecule is Cc1ccc(F)cc1CN1CC[C@@]2(CO)CCCN(C)[C@@H]2C1. The lowest BCUT2D eigenvalue weighted by molar-refractivity contribution is -0.0685. The van der Waals surface area contributed by atoms with Gasteiger partial charge in [0.2, 0.25) is 0 Å². The van der Waals surface area contributed by atoms with Gasteiger partial charge in [0, 0.05) is 24.5 Å². The van der Waals surface area contributed by atoms with Gasteiger partial charge >= 0.3 is 0 Å². The fourth-order valence-electron chi connectivity index (χ4n) is 4.27. The molecule has 2 heterocycles. The van der Waals surface area contributed by atoms with Gasteiger partial charge in [0.15, 0.2) is 0 Å². The third-order valence-corrected chi connectivity index (χ3v) is 5.80. The van der Waals surface area contributed by atoms with Crippen LogP contribution in [0.15, 0.2) is 18.2 Å². The van der Waals surface area contributed by atoms with Crippen LogP contribution in [0.5, 0.6) is 0 Å². The van der Waals surface area contributed by atoms with Gasteiger partial charge in [-0.25, -0.2) is 4.39 Å². The highest BCUT2D eigenvalue weighted by Crippen LogP contribution is 2.41. The van der Waals surface area contributed by atoms with Crippen LogP contribution in [0.2, 0.25) is 0 Å². The van der Waals surface area contributed by atoms with Crippen LogP contribution in [0.4, 0.5) is 4.39 Å². The van der Waals surface area contributed by atoms with Gasteiger partial charge in [0.1, 0.15) is 5.82 Å². The van der Waals surface area contributed by atoms with E-state index >= 15 is 0 Å². The maximum absolute atomic E-state index is 13.5. The molecule has 0 unspecified atom stereocenters. The summed E-state index contributed by atoms with van der Waals surface area (Å²) in [6, 6.07) is 5.46. The molecule has 2 saturated heterocycles. The summed E-state index contributed by atoms with van der Waals surface area (Å²) >= 11 is 0. The normalized spacial score (nSPS) is 30.3. The number of halogens is 1. The Morgan fingerprint density at radius 3 is 2.91 bits per heavy atom. The highest BCUT2D eigenvalue weighted by Gasteiger charge is 2.46. The largest absolute Gasteiger partial charge is 0.396 e. The second kappa shape index (κ2) is 6.26. The standard InChI is InChI=1S/C18H27FN2O/c1-14-4-5-16(19)10-15(14)11-21-9-7-18(13-22)6-3-8-20(2)17(18)12-21/h4-5,10,17,22H,3,6-9,11-13H2,1-2H3/t17-,18-/m1/s1. The van der Waals surface area contributed by atoms with E-state index < -0.39 is 0 Å². The zero-order valence-electron chi connectivity index (χ0n) is 13.7. The molecule has 0 amide bonds. The lowest BCUT2D eigenvalue weighted by Gasteiger charge is -2.53. The lowest BCUT2D eigenvalue weighted by Crippen LogP contribution is -2.61. The fourth-order valence-corrected chi connectivity index (χ4v) is 4.27. The number of rotatable bonds is 3. The van der Waals surface area contributed by atoms with E-state index in [-0.39, 0.29) is 17.8 Å². The molecule has 3 rings (SSSR count). The molecule has 2 aliphatic heterocycles. The molecule has 2 aliphatic rings. The minimum atomic E-state index is -0.155. The highest BCUT2D eigenvalue weighted by molar-refractivity contribution is 5.26. The van der Waals surface area contributed by atoms with Crippen molar-refractivity contribution in [3.05, 3.63) is 35.1 Å². The van der Waals surface area contributed by atoms with E-state index in [1.165, 1.54) is 12.5 Å². The molecule has 2 fully saturated rings. The maximum atomic E-state index is 13.5. The van der Waals surface area contributed by atoms with Crippen molar-refractivity contribution >= 4 is 0 Å². The lowest BCUT2D eigenvalue weighted by atomic mass is 9.69. The van der Waals surface area contributed by atoms with E-state index in [4.69, 9.17) is 0 Å². The number of hydrogen-bond donors (Lipinski definition) is 1. The third-order valence-electron chi connectivity index (χ3n) is 5.80. The molecule has 0 aliphatic carbocycles. The van der Waals surface area contributed by atoms with Crippen molar-refractivity contribution in [1.82, 2.24) is 9.80 Å². The van der Waals surface area contributed by atoms with Gasteiger partial charge in [-0.1, -0.05) is 6.07 Å². The predicted octanol–water partition coefficient (Wildman–Crippen LogP) is 2.41. The first-order valence-corrected chi connectivity index (χ1v) is 8.32. The van der Waals surface area contributed by atoms with E-state index in [0.29, 0.717) is 6.04 Å². The van der Waals surface area contributed by atoms with Crippen LogP contribution >= 0.6 is 0 Å². The Balaban J connectivity index is 1.74. The first-order valence-electron chi connectivity index (χ1n) is 8.32. The van der Waals surface area contributed by atoms with Crippen molar-refractivity contribution in [3.63, 3.8) is 0 Å². The van der Waals surface area contributed by atoms with Gasteiger partial charge in [-0.15, -0.1) is 0 Å². The summed E-state index contributed by atoms with van der Waals surface area (Å²) in [5.74, 6) is -0.155. The second-order valence-corrected chi connectivity index (χ2v) is 7.18. The number of aliphatic hydroxyl groups excluding tert-OH is 1. The van der Waals surface area contributed by atoms with Crippen LogP contribution in [0.25, 0.3) is 0 Å². The first kappa shape index (κ1) is 15.9. The highest BCUT2D eigenvalue weighted by atomic mass is 19.1. The van der Waals surface area contributed by atoms with Gasteiger partial charge < -0.3 is 10.0 Å². The Labute approximate surface area is 132 Å². The number of fused-ring (bicyclic) bond motifs is 1. The molecule has 2 atom stereocenters. The molecular formula is C18H27FN2O. The molecule has 1 aromatic carbocycles. The van der Waals surface area contributed by atoms with Gasteiger partial charge in [-0.05, 0) is 69.6 Å². The van der Waals surface area contributed by atoms with E-state index in [1.54, 1.807) is 6.07 Å². The summed E-state index contributed by atoms with van der Waals surface area (Å²) in [6.07, 6.45) is 3.34. The zero-order valence-corrected chi connectivity index (χ0v) is 13.7. The van der Waals surface area contributed by atoms with Crippen LogP contribution in [0.1, 0.15) is 30.4 Å². The Hall–Kier alpha value is -0.970. The summed E-state index contributed by atoms with van der Waals surface area (Å²) < 4.78 is 13.5. The number of likely N-dealkylation sites (tertiary alicyclic amines) is 2. The van der Waals surface area contributed by atoms with Crippen LogP contribution < -0.4 is 0 Å². The molecule has 1 N–H and O–H groups in total. The van der Waals surface area contributed by atoms with E-state index in [0.717, 1.165) is 50.1 Å². The monoisotopic (exact) mass is 306 g/mol. The molecule has 0 radical (unpaired) electrons. The summed E-state index contributed by atoms with van der Waals surface area (Å²) in [7, 11) is 2.17. The molecule has 122 valence electrons. The van der Waals surface area contributed by atoms with Crippen LogP contribution in [-0.2, 0) is 6.54 Å². The maximum Gasteiger partial charge on any atom is 0.123 e. The quantitative estimate of drug-likeness (QED) is 0.929. The van der Waals surface area contributed by atoms with E-state index in [1.807, 2.05) is 13.0 Å². The molecule has 0 bridgehead atoms. The Bertz CT molecular complexity index is 536. The Kier molecular flexibility index (Phi) is 4.53. The smallest absolute Gasteiger partial charge is 0.123 e. The van der Waals surface area contributed by atoms with Crippen molar-refractivity contribution in [2.75, 3.05) is 33.3 Å². The van der Waals surface area contributed by atoms with Crippen molar-refractivity contribution in [1.29, 1.82) is 0 Å². The average Bonchev–Trinajstić information content (AvgIpc) is 2.52. The first-order chi connectivity index (χ1) is 10.5. The fraction of sp³-hybridized carbons (Fsp3) is 0.667. The topological polar surface area (TPSA) is 26.7 Å². The van der Waals surface area contributed by atoms with Gasteiger partial charge in [-0.3, -0.25) is 4.90 Å². The average molecular weight is 306 g/mol. The summed E-state index contributed by atoms with van der Waals surface area (Å²) in [6.45, 7) is 6.20. The second-order valence-electron chi connectivity index (χ2n) is 7.18. The molecule has 0 spiro atoms. The number of aryl methyl sites for hydroxylation is 1. The molecule has 3 nitrogen and oxygen atoms in total. The minimum absolute atomic E-state index is 0.0699. The summed E-state index contributed by atoms with van der Waals surface area (Å²) in [5, 5.41) is 9.96. The molecule has 0 saturated carbocycles. The van der Waals surface area contributed by atoms with Crippen molar-refractivity contribution in [3.8, 4) is 0 Å². The zero-order chi connectivity index (χ0) is 15.7. The number of benzene rings is 1. The van der Waals surface area contributed by atoms with Crippen molar-refractivity contribution in [2.45, 2.75) is 38.8 Å². The van der Waals surface area contributed by atoms with Gasteiger partial charge in [0.05, 0.1) is 6.61 Å². The summed E-state index contributed by atoms with van der Waals surface area (Å²) in [4.78, 5) is 4.83. The molecule has 1 aromatic rings. The summed E-state index contributed by atoms with van der Waals surface area (Å²) in [5.41, 5.74) is 2.30. The van der Waals surface area contributed by atoms with E-state index in [2.05, 4.69) is 16.8 Å². The molecular weight excluding hydrogens is 279 g/mol. The molecule has 22 heavy (non-hydrogen) atoms. The van der Waals surface area contributed by atoms with E-state index in [9.17, 15) is 9.50 Å². The molecule has 0 aromatic heterocycles. The van der Waals surface area contributed by atoms with Gasteiger partial charge in [0.25, 0.3) is 0 Å². The van der Waals surface area contributed by atoms with Crippen molar-refractivity contribution in [2.24, 2.45) is 5.41 Å². The van der Waals surface area contributed by atoms with Crippen LogP contribution in [0.3, 0.4) is 0 Å². The van der Waals surface area contributed by atoms with Crippen LogP contribution in [-0.4, -0.2) is 54.2 Å². The number of likely N-dealkylation sites (N-methyl/N-ethyl adjacent to an activating group) is 1. The third kappa shape index (κ3) is 2.92. The number of aliphatic hydroxyl groups is 1. The Morgan fingerprint density at radius 1 is 1.32 bits per heavy atom. The molecule has 4 heteroatoms. The number of piperidine rings is 2. The van der Waals surface area contributed by atoms with Crippen LogP contribution in [0, 0.1) is 18.2 Å². The van der Waals surface area contributed by atoms with Crippen molar-refractivity contribution < 1.29 is 9.50 Å². The number of hydrogen-bond acceptors (Lipinski definition) is 3. The van der Waals surface area contributed by atoms with Gasteiger partial charge in [-0.2, -0.15) is 0 Å². The predicted molar refractivity (Wildman–Crippen MR) is 86.2 cm³/mol.